The van der Waals surface area contributed by atoms with Crippen molar-refractivity contribution in [2.24, 2.45) is 0 Å². The molecule has 0 aliphatic carbocycles. The summed E-state index contributed by atoms with van der Waals surface area (Å²) < 4.78 is 5.83. The Morgan fingerprint density at radius 3 is 2.45 bits per heavy atom. The van der Waals surface area contributed by atoms with E-state index in [1.807, 2.05) is 44.2 Å². The molecule has 2 rings (SSSR count). The van der Waals surface area contributed by atoms with E-state index < -0.39 is 0 Å². The number of hydrogen-bond acceptors (Lipinski definition) is 4. The molecule has 0 bridgehead atoms. The molecule has 0 spiro atoms. The largest absolute Gasteiger partial charge is 0.383 e. The van der Waals surface area contributed by atoms with Gasteiger partial charge in [-0.1, -0.05) is 37.3 Å². The van der Waals surface area contributed by atoms with E-state index in [2.05, 4.69) is 16.9 Å². The zero-order chi connectivity index (χ0) is 14.5. The van der Waals surface area contributed by atoms with Crippen LogP contribution in [0.25, 0.3) is 0 Å². The van der Waals surface area contributed by atoms with Crippen LogP contribution in [0.5, 0.6) is 0 Å². The highest BCUT2D eigenvalue weighted by Crippen LogP contribution is 2.25. The Hall–Kier alpha value is -1.94. The number of hydrogen-bond donors (Lipinski definition) is 1. The van der Waals surface area contributed by atoms with Gasteiger partial charge in [0.25, 0.3) is 0 Å². The first kappa shape index (κ1) is 14.5. The molecule has 0 saturated heterocycles. The lowest BCUT2D eigenvalue weighted by molar-refractivity contribution is 0.0850. The number of anilines is 1. The summed E-state index contributed by atoms with van der Waals surface area (Å²) in [6.07, 6.45) is 0.563. The van der Waals surface area contributed by atoms with Crippen molar-refractivity contribution < 1.29 is 4.74 Å². The van der Waals surface area contributed by atoms with Gasteiger partial charge >= 0.3 is 0 Å². The number of rotatable bonds is 5. The number of nitrogen functional groups attached to an aromatic ring is 1. The van der Waals surface area contributed by atoms with Crippen molar-refractivity contribution in [2.75, 3.05) is 12.3 Å². The highest BCUT2D eigenvalue weighted by molar-refractivity contribution is 5.42. The van der Waals surface area contributed by atoms with Gasteiger partial charge in [-0.3, -0.25) is 0 Å². The first-order valence-corrected chi connectivity index (χ1v) is 6.96. The molecule has 0 fully saturated rings. The van der Waals surface area contributed by atoms with Gasteiger partial charge in [-0.25, -0.2) is 9.97 Å². The Kier molecular flexibility index (Phi) is 4.69. The molecule has 20 heavy (non-hydrogen) atoms. The maximum Gasteiger partial charge on any atom is 0.164 e. The molecule has 106 valence electrons. The minimum absolute atomic E-state index is 0.269. The first-order valence-electron chi connectivity index (χ1n) is 6.96. The van der Waals surface area contributed by atoms with E-state index in [1.165, 1.54) is 0 Å². The standard InChI is InChI=1S/C16H21N3O/c1-4-13-11(3)15(17)19-16(18-13)14(20-5-2)12-9-7-6-8-10-12/h6-10,14H,4-5H2,1-3H3,(H2,17,18,19). The highest BCUT2D eigenvalue weighted by Gasteiger charge is 2.19. The first-order chi connectivity index (χ1) is 9.67. The van der Waals surface area contributed by atoms with Gasteiger partial charge in [-0.15, -0.1) is 0 Å². The Morgan fingerprint density at radius 2 is 1.85 bits per heavy atom. The van der Waals surface area contributed by atoms with Crippen molar-refractivity contribution in [3.8, 4) is 0 Å². The lowest BCUT2D eigenvalue weighted by Crippen LogP contribution is -2.14. The van der Waals surface area contributed by atoms with Gasteiger partial charge in [-0.2, -0.15) is 0 Å². The van der Waals surface area contributed by atoms with Crippen LogP contribution in [0.15, 0.2) is 30.3 Å². The van der Waals surface area contributed by atoms with Crippen molar-refractivity contribution >= 4 is 5.82 Å². The molecule has 1 atom stereocenters. The van der Waals surface area contributed by atoms with E-state index in [9.17, 15) is 0 Å². The second kappa shape index (κ2) is 6.48. The van der Waals surface area contributed by atoms with Crippen LogP contribution in [0, 0.1) is 6.92 Å². The molecule has 4 nitrogen and oxygen atoms in total. The molecule has 2 N–H and O–H groups in total. The van der Waals surface area contributed by atoms with Gasteiger partial charge in [0.05, 0.1) is 0 Å². The predicted molar refractivity (Wildman–Crippen MR) is 80.5 cm³/mol. The number of aryl methyl sites for hydroxylation is 1. The molecule has 0 aliphatic rings. The molecule has 0 amide bonds. The van der Waals surface area contributed by atoms with E-state index in [0.717, 1.165) is 23.2 Å². The van der Waals surface area contributed by atoms with Crippen molar-refractivity contribution in [1.29, 1.82) is 0 Å². The van der Waals surface area contributed by atoms with Crippen molar-refractivity contribution in [3.05, 3.63) is 53.0 Å². The summed E-state index contributed by atoms with van der Waals surface area (Å²) in [5, 5.41) is 0. The molecule has 1 unspecified atom stereocenters. The summed E-state index contributed by atoms with van der Waals surface area (Å²) in [6.45, 7) is 6.58. The SMILES string of the molecule is CCOC(c1ccccc1)c1nc(N)c(C)c(CC)n1. The lowest BCUT2D eigenvalue weighted by Gasteiger charge is -2.18. The Labute approximate surface area is 120 Å². The van der Waals surface area contributed by atoms with Crippen LogP contribution < -0.4 is 5.73 Å². The van der Waals surface area contributed by atoms with E-state index in [1.54, 1.807) is 0 Å². The average molecular weight is 271 g/mol. The maximum absolute atomic E-state index is 6.00. The quantitative estimate of drug-likeness (QED) is 0.908. The summed E-state index contributed by atoms with van der Waals surface area (Å²) in [5.41, 5.74) is 8.98. The monoisotopic (exact) mass is 271 g/mol. The second-order valence-corrected chi connectivity index (χ2v) is 4.64. The van der Waals surface area contributed by atoms with Crippen molar-refractivity contribution in [2.45, 2.75) is 33.3 Å². The van der Waals surface area contributed by atoms with Gasteiger partial charge in [0.15, 0.2) is 5.82 Å². The zero-order valence-electron chi connectivity index (χ0n) is 12.3. The van der Waals surface area contributed by atoms with Gasteiger partial charge in [0, 0.05) is 17.9 Å². The smallest absolute Gasteiger partial charge is 0.164 e. The van der Waals surface area contributed by atoms with Crippen LogP contribution in [-0.2, 0) is 11.2 Å². The van der Waals surface area contributed by atoms with Crippen LogP contribution in [0.1, 0.15) is 42.6 Å². The molecule has 4 heteroatoms. The lowest BCUT2D eigenvalue weighted by atomic mass is 10.1. The second-order valence-electron chi connectivity index (χ2n) is 4.64. The molecule has 0 radical (unpaired) electrons. The van der Waals surface area contributed by atoms with Gasteiger partial charge in [-0.05, 0) is 25.8 Å². The molecular weight excluding hydrogens is 250 g/mol. The molecule has 0 saturated carbocycles. The third-order valence-corrected chi connectivity index (χ3v) is 3.31. The van der Waals surface area contributed by atoms with E-state index in [4.69, 9.17) is 10.5 Å². The summed E-state index contributed by atoms with van der Waals surface area (Å²) in [7, 11) is 0. The minimum Gasteiger partial charge on any atom is -0.383 e. The zero-order valence-corrected chi connectivity index (χ0v) is 12.3. The number of aromatic nitrogens is 2. The van der Waals surface area contributed by atoms with Crippen LogP contribution in [0.3, 0.4) is 0 Å². The van der Waals surface area contributed by atoms with Gasteiger partial charge < -0.3 is 10.5 Å². The van der Waals surface area contributed by atoms with Crippen LogP contribution in [0.2, 0.25) is 0 Å². The predicted octanol–water partition coefficient (Wildman–Crippen LogP) is 3.06. The summed E-state index contributed by atoms with van der Waals surface area (Å²) in [5.74, 6) is 1.17. The fourth-order valence-electron chi connectivity index (χ4n) is 2.18. The van der Waals surface area contributed by atoms with Crippen molar-refractivity contribution in [1.82, 2.24) is 9.97 Å². The highest BCUT2D eigenvalue weighted by atomic mass is 16.5. The fraction of sp³-hybridized carbons (Fsp3) is 0.375. The third kappa shape index (κ3) is 2.96. The summed E-state index contributed by atoms with van der Waals surface area (Å²) in [6, 6.07) is 9.99. The fourth-order valence-corrected chi connectivity index (χ4v) is 2.18. The molecule has 2 aromatic rings. The van der Waals surface area contributed by atoms with Crippen LogP contribution >= 0.6 is 0 Å². The Balaban J connectivity index is 2.47. The number of benzene rings is 1. The number of nitrogens with two attached hydrogens (primary N) is 1. The average Bonchev–Trinajstić information content (AvgIpc) is 2.48. The van der Waals surface area contributed by atoms with Crippen molar-refractivity contribution in [3.63, 3.8) is 0 Å². The van der Waals surface area contributed by atoms with Gasteiger partial charge in [0.2, 0.25) is 0 Å². The Bertz CT molecular complexity index is 569. The number of ether oxygens (including phenoxy) is 1. The number of nitrogens with zero attached hydrogens (tertiary/aromatic N) is 2. The normalized spacial score (nSPS) is 12.3. The topological polar surface area (TPSA) is 61.0 Å². The Morgan fingerprint density at radius 1 is 1.15 bits per heavy atom. The summed E-state index contributed by atoms with van der Waals surface area (Å²) in [4.78, 5) is 9.05. The van der Waals surface area contributed by atoms with Gasteiger partial charge in [0.1, 0.15) is 11.9 Å². The molecule has 1 heterocycles. The summed E-state index contributed by atoms with van der Waals surface area (Å²) >= 11 is 0. The van der Waals surface area contributed by atoms with E-state index >= 15 is 0 Å². The van der Waals surface area contributed by atoms with E-state index in [0.29, 0.717) is 18.2 Å². The maximum atomic E-state index is 6.00. The molecule has 0 aliphatic heterocycles. The molecule has 1 aromatic carbocycles. The van der Waals surface area contributed by atoms with E-state index in [-0.39, 0.29) is 6.10 Å². The molecular formula is C16H21N3O. The van der Waals surface area contributed by atoms with Crippen LogP contribution in [-0.4, -0.2) is 16.6 Å². The van der Waals surface area contributed by atoms with Crippen LogP contribution in [0.4, 0.5) is 5.82 Å². The third-order valence-electron chi connectivity index (χ3n) is 3.31. The minimum atomic E-state index is -0.269. The molecule has 1 aromatic heterocycles.